The third-order valence-electron chi connectivity index (χ3n) is 3.54. The van der Waals surface area contributed by atoms with E-state index in [9.17, 15) is 4.79 Å². The standard InChI is InChI=1S/C15H23N3O2/c1-4-11(2)14(12-8-6-5-7-9-12)15(19)18(3)10-13(16)17-20/h5-9,11,14,20H,4,10H2,1-3H3,(H2,16,17). The lowest BCUT2D eigenvalue weighted by Gasteiger charge is -2.27. The van der Waals surface area contributed by atoms with Crippen LogP contribution in [0.25, 0.3) is 0 Å². The minimum Gasteiger partial charge on any atom is -0.409 e. The number of likely N-dealkylation sites (N-methyl/N-ethyl adjacent to an activating group) is 1. The third-order valence-corrected chi connectivity index (χ3v) is 3.54. The second-order valence-electron chi connectivity index (χ2n) is 5.06. The Labute approximate surface area is 120 Å². The Morgan fingerprint density at radius 3 is 2.50 bits per heavy atom. The van der Waals surface area contributed by atoms with E-state index in [4.69, 9.17) is 10.9 Å². The minimum absolute atomic E-state index is 0.0165. The van der Waals surface area contributed by atoms with Crippen molar-refractivity contribution >= 4 is 11.7 Å². The van der Waals surface area contributed by atoms with Crippen molar-refractivity contribution < 1.29 is 10.0 Å². The fraction of sp³-hybridized carbons (Fsp3) is 0.467. The number of amidine groups is 1. The van der Waals surface area contributed by atoms with Crippen molar-refractivity contribution in [3.63, 3.8) is 0 Å². The van der Waals surface area contributed by atoms with Crippen molar-refractivity contribution in [1.82, 2.24) is 4.90 Å². The van der Waals surface area contributed by atoms with Crippen LogP contribution in [0.15, 0.2) is 35.5 Å². The first-order chi connectivity index (χ1) is 9.51. The predicted molar refractivity (Wildman–Crippen MR) is 79.7 cm³/mol. The van der Waals surface area contributed by atoms with Gasteiger partial charge in [0.15, 0.2) is 5.84 Å². The lowest BCUT2D eigenvalue weighted by atomic mass is 9.84. The Balaban J connectivity index is 2.97. The second kappa shape index (κ2) is 7.53. The second-order valence-corrected chi connectivity index (χ2v) is 5.06. The van der Waals surface area contributed by atoms with Crippen molar-refractivity contribution in [3.8, 4) is 0 Å². The van der Waals surface area contributed by atoms with Gasteiger partial charge in [-0.1, -0.05) is 55.8 Å². The summed E-state index contributed by atoms with van der Waals surface area (Å²) in [6, 6.07) is 9.73. The number of amides is 1. The number of nitrogens with zero attached hydrogens (tertiary/aromatic N) is 2. The monoisotopic (exact) mass is 277 g/mol. The minimum atomic E-state index is -0.210. The van der Waals surface area contributed by atoms with Crippen LogP contribution in [0.4, 0.5) is 0 Å². The van der Waals surface area contributed by atoms with Crippen molar-refractivity contribution in [2.45, 2.75) is 26.2 Å². The Kier molecular flexibility index (Phi) is 6.03. The van der Waals surface area contributed by atoms with E-state index in [2.05, 4.69) is 19.0 Å². The number of hydrogen-bond donors (Lipinski definition) is 2. The molecular formula is C15H23N3O2. The zero-order valence-electron chi connectivity index (χ0n) is 12.3. The molecule has 3 N–H and O–H groups in total. The third kappa shape index (κ3) is 3.98. The van der Waals surface area contributed by atoms with Gasteiger partial charge in [0.2, 0.25) is 5.91 Å². The normalized spacial score (nSPS) is 14.7. The van der Waals surface area contributed by atoms with Crippen molar-refractivity contribution in [3.05, 3.63) is 35.9 Å². The summed E-state index contributed by atoms with van der Waals surface area (Å²) in [7, 11) is 1.67. The highest BCUT2D eigenvalue weighted by Crippen LogP contribution is 2.28. The molecule has 110 valence electrons. The number of benzene rings is 1. The van der Waals surface area contributed by atoms with Crippen LogP contribution in [0.1, 0.15) is 31.7 Å². The quantitative estimate of drug-likeness (QED) is 0.361. The molecule has 5 nitrogen and oxygen atoms in total. The van der Waals surface area contributed by atoms with E-state index in [1.54, 1.807) is 7.05 Å². The Bertz CT molecular complexity index is 459. The molecule has 0 fully saturated rings. The average molecular weight is 277 g/mol. The van der Waals surface area contributed by atoms with Crippen molar-refractivity contribution in [2.75, 3.05) is 13.6 Å². The molecular weight excluding hydrogens is 254 g/mol. The fourth-order valence-electron chi connectivity index (χ4n) is 2.20. The van der Waals surface area contributed by atoms with Gasteiger partial charge in [-0.3, -0.25) is 4.79 Å². The lowest BCUT2D eigenvalue weighted by Crippen LogP contribution is -2.39. The van der Waals surface area contributed by atoms with Gasteiger partial charge in [0.05, 0.1) is 12.5 Å². The summed E-state index contributed by atoms with van der Waals surface area (Å²) in [4.78, 5) is 14.1. The summed E-state index contributed by atoms with van der Waals surface area (Å²) in [6.45, 7) is 4.25. The van der Waals surface area contributed by atoms with Gasteiger partial charge >= 0.3 is 0 Å². The number of oxime groups is 1. The Hall–Kier alpha value is -2.04. The van der Waals surface area contributed by atoms with Gasteiger partial charge in [0, 0.05) is 7.05 Å². The first-order valence-corrected chi connectivity index (χ1v) is 6.77. The van der Waals surface area contributed by atoms with E-state index < -0.39 is 0 Å². The average Bonchev–Trinajstić information content (AvgIpc) is 2.47. The molecule has 0 aromatic heterocycles. The van der Waals surface area contributed by atoms with Gasteiger partial charge in [0.25, 0.3) is 0 Å². The van der Waals surface area contributed by atoms with Gasteiger partial charge in [0.1, 0.15) is 0 Å². The van der Waals surface area contributed by atoms with Crippen molar-refractivity contribution in [1.29, 1.82) is 0 Å². The summed E-state index contributed by atoms with van der Waals surface area (Å²) in [5.74, 6) is 0.0197. The molecule has 1 amide bonds. The molecule has 0 aliphatic heterocycles. The largest absolute Gasteiger partial charge is 0.409 e. The van der Waals surface area contributed by atoms with Gasteiger partial charge < -0.3 is 15.8 Å². The number of carbonyl (C=O) groups is 1. The van der Waals surface area contributed by atoms with E-state index >= 15 is 0 Å². The van der Waals surface area contributed by atoms with Crippen LogP contribution in [0.5, 0.6) is 0 Å². The zero-order valence-corrected chi connectivity index (χ0v) is 12.3. The maximum absolute atomic E-state index is 12.6. The summed E-state index contributed by atoms with van der Waals surface area (Å²) in [5.41, 5.74) is 6.46. The van der Waals surface area contributed by atoms with Crippen LogP contribution in [0, 0.1) is 5.92 Å². The van der Waals surface area contributed by atoms with E-state index in [1.165, 1.54) is 4.90 Å². The molecule has 0 bridgehead atoms. The highest BCUT2D eigenvalue weighted by atomic mass is 16.4. The molecule has 1 rings (SSSR count). The molecule has 0 aliphatic carbocycles. The molecule has 2 atom stereocenters. The molecule has 1 aromatic carbocycles. The first kappa shape index (κ1) is 16.0. The SMILES string of the molecule is CCC(C)C(C(=O)N(C)CC(N)=NO)c1ccccc1. The van der Waals surface area contributed by atoms with Crippen LogP contribution in [-0.4, -0.2) is 35.4 Å². The molecule has 0 saturated heterocycles. The highest BCUT2D eigenvalue weighted by Gasteiger charge is 2.28. The Morgan fingerprint density at radius 1 is 1.40 bits per heavy atom. The smallest absolute Gasteiger partial charge is 0.230 e. The molecule has 2 unspecified atom stereocenters. The predicted octanol–water partition coefficient (Wildman–Crippen LogP) is 2.02. The fourth-order valence-corrected chi connectivity index (χ4v) is 2.20. The topological polar surface area (TPSA) is 78.9 Å². The molecule has 0 heterocycles. The van der Waals surface area contributed by atoms with E-state index in [0.717, 1.165) is 12.0 Å². The molecule has 0 saturated carbocycles. The molecule has 0 radical (unpaired) electrons. The molecule has 5 heteroatoms. The summed E-state index contributed by atoms with van der Waals surface area (Å²) < 4.78 is 0. The lowest BCUT2D eigenvalue weighted by molar-refractivity contribution is -0.132. The maximum Gasteiger partial charge on any atom is 0.230 e. The van der Waals surface area contributed by atoms with Gasteiger partial charge in [-0.05, 0) is 11.5 Å². The van der Waals surface area contributed by atoms with E-state index in [-0.39, 0.29) is 30.1 Å². The van der Waals surface area contributed by atoms with Gasteiger partial charge in [-0.2, -0.15) is 0 Å². The molecule has 20 heavy (non-hydrogen) atoms. The van der Waals surface area contributed by atoms with Crippen molar-refractivity contribution in [2.24, 2.45) is 16.8 Å². The maximum atomic E-state index is 12.6. The zero-order chi connectivity index (χ0) is 15.1. The number of carbonyl (C=O) groups excluding carboxylic acids is 1. The van der Waals surface area contributed by atoms with Gasteiger partial charge in [-0.15, -0.1) is 0 Å². The van der Waals surface area contributed by atoms with Crippen LogP contribution < -0.4 is 5.73 Å². The van der Waals surface area contributed by atoms with Crippen LogP contribution in [0.2, 0.25) is 0 Å². The molecule has 0 aliphatic rings. The number of nitrogens with two attached hydrogens (primary N) is 1. The van der Waals surface area contributed by atoms with E-state index in [0.29, 0.717) is 0 Å². The molecule has 0 spiro atoms. The summed E-state index contributed by atoms with van der Waals surface area (Å²) in [6.07, 6.45) is 0.905. The highest BCUT2D eigenvalue weighted by molar-refractivity contribution is 5.89. The first-order valence-electron chi connectivity index (χ1n) is 6.77. The number of hydrogen-bond acceptors (Lipinski definition) is 3. The van der Waals surface area contributed by atoms with Crippen LogP contribution in [0.3, 0.4) is 0 Å². The summed E-state index contributed by atoms with van der Waals surface area (Å²) >= 11 is 0. The Morgan fingerprint density at radius 2 is 2.00 bits per heavy atom. The molecule has 1 aromatic rings. The van der Waals surface area contributed by atoms with Crippen LogP contribution in [-0.2, 0) is 4.79 Å². The van der Waals surface area contributed by atoms with Crippen LogP contribution >= 0.6 is 0 Å². The number of rotatable bonds is 6. The summed E-state index contributed by atoms with van der Waals surface area (Å²) in [5, 5.41) is 11.5. The van der Waals surface area contributed by atoms with Gasteiger partial charge in [-0.25, -0.2) is 0 Å². The van der Waals surface area contributed by atoms with E-state index in [1.807, 2.05) is 30.3 Å².